The maximum Gasteiger partial charge on any atom is 0.253 e. The molecule has 0 unspecified atom stereocenters. The second-order valence-corrected chi connectivity index (χ2v) is 5.20. The highest BCUT2D eigenvalue weighted by Crippen LogP contribution is 2.20. The number of benzene rings is 2. The minimum absolute atomic E-state index is 0.106. The van der Waals surface area contributed by atoms with Crippen molar-refractivity contribution >= 4 is 40.0 Å². The molecule has 0 saturated heterocycles. The van der Waals surface area contributed by atoms with Gasteiger partial charge in [-0.2, -0.15) is 4.98 Å². The lowest BCUT2D eigenvalue weighted by atomic mass is 10.3. The Balaban J connectivity index is 1.66. The number of rotatable bonds is 3. The maximum atomic E-state index is 11.1. The fourth-order valence-electron chi connectivity index (χ4n) is 2.50. The number of hydrogen-bond acceptors (Lipinski definition) is 4. The van der Waals surface area contributed by atoms with Gasteiger partial charge >= 0.3 is 0 Å². The van der Waals surface area contributed by atoms with E-state index < -0.39 is 0 Å². The molecule has 7 heteroatoms. The van der Waals surface area contributed by atoms with Crippen LogP contribution in [0.4, 0.5) is 17.3 Å². The average molecular weight is 306 g/mol. The fourth-order valence-corrected chi connectivity index (χ4v) is 2.50. The third kappa shape index (κ3) is 2.48. The molecule has 0 fully saturated rings. The number of amides is 1. The van der Waals surface area contributed by atoms with Crippen LogP contribution >= 0.6 is 0 Å². The molecule has 0 aliphatic carbocycles. The van der Waals surface area contributed by atoms with Crippen LogP contribution in [0.25, 0.3) is 16.8 Å². The zero-order valence-corrected chi connectivity index (χ0v) is 12.4. The average Bonchev–Trinajstić information content (AvgIpc) is 3.04. The first-order valence-corrected chi connectivity index (χ1v) is 7.17. The van der Waals surface area contributed by atoms with Gasteiger partial charge in [-0.1, -0.05) is 18.2 Å². The number of para-hydroxylation sites is 2. The van der Waals surface area contributed by atoms with Gasteiger partial charge in [0.05, 0.1) is 11.0 Å². The van der Waals surface area contributed by atoms with E-state index in [1.165, 1.54) is 6.92 Å². The second kappa shape index (κ2) is 5.13. The second-order valence-electron chi connectivity index (χ2n) is 5.20. The third-order valence-corrected chi connectivity index (χ3v) is 3.42. The van der Waals surface area contributed by atoms with E-state index in [4.69, 9.17) is 0 Å². The molecule has 114 valence electrons. The summed E-state index contributed by atoms with van der Waals surface area (Å²) in [6, 6.07) is 15.3. The Morgan fingerprint density at radius 3 is 2.78 bits per heavy atom. The van der Waals surface area contributed by atoms with Crippen molar-refractivity contribution in [3.63, 3.8) is 0 Å². The van der Waals surface area contributed by atoms with Gasteiger partial charge in [0.25, 0.3) is 5.78 Å². The van der Waals surface area contributed by atoms with Crippen LogP contribution in [-0.4, -0.2) is 25.5 Å². The van der Waals surface area contributed by atoms with Gasteiger partial charge < -0.3 is 10.6 Å². The lowest BCUT2D eigenvalue weighted by Crippen LogP contribution is -2.05. The van der Waals surface area contributed by atoms with Crippen LogP contribution in [-0.2, 0) is 4.79 Å². The summed E-state index contributed by atoms with van der Waals surface area (Å²) in [7, 11) is 0. The number of nitrogens with zero attached hydrogens (tertiary/aromatic N) is 3. The molecule has 4 rings (SSSR count). The van der Waals surface area contributed by atoms with E-state index in [2.05, 4.69) is 25.7 Å². The molecule has 0 atom stereocenters. The van der Waals surface area contributed by atoms with Crippen LogP contribution in [0, 0.1) is 0 Å². The number of aromatic amines is 1. The monoisotopic (exact) mass is 306 g/mol. The molecule has 1 amide bonds. The van der Waals surface area contributed by atoms with E-state index in [0.29, 0.717) is 11.7 Å². The number of fused-ring (bicyclic) bond motifs is 3. The van der Waals surface area contributed by atoms with Crippen molar-refractivity contribution in [1.82, 2.24) is 19.6 Å². The Bertz CT molecular complexity index is 1020. The van der Waals surface area contributed by atoms with Crippen molar-refractivity contribution in [2.75, 3.05) is 10.6 Å². The Labute approximate surface area is 131 Å². The Morgan fingerprint density at radius 1 is 1.09 bits per heavy atom. The van der Waals surface area contributed by atoms with Gasteiger partial charge in [-0.3, -0.25) is 9.89 Å². The summed E-state index contributed by atoms with van der Waals surface area (Å²) >= 11 is 0. The molecule has 0 radical (unpaired) electrons. The van der Waals surface area contributed by atoms with Gasteiger partial charge in [-0.25, -0.2) is 9.50 Å². The number of hydrogen-bond donors (Lipinski definition) is 3. The summed E-state index contributed by atoms with van der Waals surface area (Å²) in [6.45, 7) is 1.48. The molecule has 0 saturated carbocycles. The molecule has 4 aromatic rings. The van der Waals surface area contributed by atoms with Gasteiger partial charge in [0.15, 0.2) is 0 Å². The number of aromatic nitrogens is 4. The van der Waals surface area contributed by atoms with Crippen LogP contribution in [0.1, 0.15) is 6.92 Å². The highest BCUT2D eigenvalue weighted by molar-refractivity contribution is 5.89. The predicted molar refractivity (Wildman–Crippen MR) is 88.9 cm³/mol. The first kappa shape index (κ1) is 13.3. The standard InChI is InChI=1S/C16H14N6O/c1-10(23)17-11-5-4-6-12(9-11)18-15-20-16-19-13-7-2-3-8-14(13)22(16)21-15/h2-9H,1H3,(H,17,23)(H2,18,19,20,21). The molecule has 2 aromatic heterocycles. The summed E-state index contributed by atoms with van der Waals surface area (Å²) in [5.41, 5.74) is 3.40. The number of carbonyl (C=O) groups excluding carboxylic acids is 1. The molecule has 23 heavy (non-hydrogen) atoms. The van der Waals surface area contributed by atoms with Gasteiger partial charge in [0.1, 0.15) is 0 Å². The minimum Gasteiger partial charge on any atom is -0.326 e. The normalized spacial score (nSPS) is 11.0. The molecule has 7 nitrogen and oxygen atoms in total. The van der Waals surface area contributed by atoms with Gasteiger partial charge in [-0.05, 0) is 30.3 Å². The number of anilines is 3. The molecule has 2 heterocycles. The maximum absolute atomic E-state index is 11.1. The molecule has 2 aromatic carbocycles. The topological polar surface area (TPSA) is 87.1 Å². The number of H-pyrrole nitrogens is 1. The summed E-state index contributed by atoms with van der Waals surface area (Å²) in [4.78, 5) is 20.0. The van der Waals surface area contributed by atoms with Crippen LogP contribution < -0.4 is 10.6 Å². The Kier molecular flexibility index (Phi) is 2.97. The Hall–Kier alpha value is -3.35. The highest BCUT2D eigenvalue weighted by atomic mass is 16.1. The van der Waals surface area contributed by atoms with Crippen LogP contribution in [0.3, 0.4) is 0 Å². The van der Waals surface area contributed by atoms with Gasteiger partial charge in [0.2, 0.25) is 11.9 Å². The lowest BCUT2D eigenvalue weighted by Gasteiger charge is -2.06. The quantitative estimate of drug-likeness (QED) is 0.543. The third-order valence-electron chi connectivity index (χ3n) is 3.42. The van der Waals surface area contributed by atoms with E-state index >= 15 is 0 Å². The zero-order valence-electron chi connectivity index (χ0n) is 12.4. The molecule has 0 aliphatic rings. The van der Waals surface area contributed by atoms with Crippen molar-refractivity contribution in [3.05, 3.63) is 48.5 Å². The highest BCUT2D eigenvalue weighted by Gasteiger charge is 2.09. The van der Waals surface area contributed by atoms with Crippen molar-refractivity contribution < 1.29 is 4.79 Å². The summed E-state index contributed by atoms with van der Waals surface area (Å²) in [6.07, 6.45) is 0. The van der Waals surface area contributed by atoms with Gasteiger partial charge in [0, 0.05) is 18.3 Å². The summed E-state index contributed by atoms with van der Waals surface area (Å²) in [5, 5.41) is 9.10. The minimum atomic E-state index is -0.106. The van der Waals surface area contributed by atoms with Crippen molar-refractivity contribution in [3.8, 4) is 0 Å². The molecular weight excluding hydrogens is 292 g/mol. The first-order chi connectivity index (χ1) is 11.2. The smallest absolute Gasteiger partial charge is 0.253 e. The number of carbonyl (C=O) groups is 1. The van der Waals surface area contributed by atoms with Crippen LogP contribution in [0.15, 0.2) is 48.5 Å². The van der Waals surface area contributed by atoms with E-state index in [-0.39, 0.29) is 5.91 Å². The SMILES string of the molecule is CC(=O)Nc1cccc(Nc2nc3nc4ccccc4n3[nH]2)c1. The molecule has 0 spiro atoms. The summed E-state index contributed by atoms with van der Waals surface area (Å²) in [5.74, 6) is 1.08. The molecule has 0 bridgehead atoms. The predicted octanol–water partition coefficient (Wildman–Crippen LogP) is 2.91. The fraction of sp³-hybridized carbons (Fsp3) is 0.0625. The zero-order chi connectivity index (χ0) is 15.8. The molecule has 3 N–H and O–H groups in total. The lowest BCUT2D eigenvalue weighted by molar-refractivity contribution is -0.114. The van der Waals surface area contributed by atoms with Crippen LogP contribution in [0.5, 0.6) is 0 Å². The van der Waals surface area contributed by atoms with E-state index in [1.54, 1.807) is 0 Å². The largest absolute Gasteiger partial charge is 0.326 e. The van der Waals surface area contributed by atoms with Gasteiger partial charge in [-0.15, -0.1) is 0 Å². The van der Waals surface area contributed by atoms with Crippen molar-refractivity contribution in [2.45, 2.75) is 6.92 Å². The van der Waals surface area contributed by atoms with E-state index in [1.807, 2.05) is 53.0 Å². The number of imidazole rings is 1. The van der Waals surface area contributed by atoms with E-state index in [9.17, 15) is 4.79 Å². The van der Waals surface area contributed by atoms with Crippen LogP contribution in [0.2, 0.25) is 0 Å². The van der Waals surface area contributed by atoms with Crippen molar-refractivity contribution in [1.29, 1.82) is 0 Å². The molecular formula is C16H14N6O. The number of nitrogens with one attached hydrogen (secondary N) is 3. The first-order valence-electron chi connectivity index (χ1n) is 7.17. The van der Waals surface area contributed by atoms with Crippen molar-refractivity contribution in [2.24, 2.45) is 0 Å². The summed E-state index contributed by atoms with van der Waals surface area (Å²) < 4.78 is 1.83. The molecule has 0 aliphatic heterocycles. The Morgan fingerprint density at radius 2 is 1.91 bits per heavy atom. The van der Waals surface area contributed by atoms with E-state index in [0.717, 1.165) is 22.4 Å².